The number of aryl methyl sites for hydroxylation is 1. The number of amides is 1. The van der Waals surface area contributed by atoms with Crippen LogP contribution in [0.3, 0.4) is 0 Å². The van der Waals surface area contributed by atoms with Gasteiger partial charge in [0.05, 0.1) is 7.11 Å². The molecule has 0 unspecified atom stereocenters. The molecule has 1 amide bonds. The molecule has 1 aliphatic heterocycles. The molecule has 0 radical (unpaired) electrons. The maximum Gasteiger partial charge on any atom is 0.323 e. The van der Waals surface area contributed by atoms with E-state index >= 15 is 0 Å². The smallest absolute Gasteiger partial charge is 0.323 e. The number of carboxylic acids is 1. The van der Waals surface area contributed by atoms with Gasteiger partial charge in [0.15, 0.2) is 0 Å². The fourth-order valence-corrected chi connectivity index (χ4v) is 3.26. The van der Waals surface area contributed by atoms with Gasteiger partial charge in [-0.05, 0) is 43.0 Å². The lowest BCUT2D eigenvalue weighted by atomic mass is 10.0. The van der Waals surface area contributed by atoms with Gasteiger partial charge in [-0.25, -0.2) is 0 Å². The molecule has 2 aromatic rings. The van der Waals surface area contributed by atoms with E-state index in [0.29, 0.717) is 18.0 Å². The first-order chi connectivity index (χ1) is 11.0. The Morgan fingerprint density at radius 2 is 2.13 bits per heavy atom. The fraction of sp³-hybridized carbons (Fsp3) is 0.412. The van der Waals surface area contributed by atoms with E-state index in [0.717, 1.165) is 35.7 Å². The highest BCUT2D eigenvalue weighted by Crippen LogP contribution is 2.32. The number of ether oxygens (including phenoxy) is 1. The van der Waals surface area contributed by atoms with Crippen molar-refractivity contribution in [2.45, 2.75) is 25.8 Å². The first-order valence-electron chi connectivity index (χ1n) is 7.69. The molecule has 0 spiro atoms. The number of aliphatic carboxylic acids is 1. The molecule has 0 fully saturated rings. The lowest BCUT2D eigenvalue weighted by Gasteiger charge is -2.21. The van der Waals surface area contributed by atoms with Crippen LogP contribution in [0.15, 0.2) is 18.2 Å². The minimum atomic E-state index is -0.960. The molecule has 6 nitrogen and oxygen atoms in total. The van der Waals surface area contributed by atoms with E-state index in [-0.39, 0.29) is 12.5 Å². The van der Waals surface area contributed by atoms with Crippen molar-refractivity contribution >= 4 is 22.8 Å². The van der Waals surface area contributed by atoms with E-state index in [4.69, 9.17) is 4.74 Å². The summed E-state index contributed by atoms with van der Waals surface area (Å²) in [5.74, 6) is -0.371. The molecule has 0 aliphatic carbocycles. The van der Waals surface area contributed by atoms with Gasteiger partial charge in [0.2, 0.25) is 0 Å². The molecule has 0 saturated heterocycles. The Kier molecular flexibility index (Phi) is 3.98. The highest BCUT2D eigenvalue weighted by Gasteiger charge is 2.27. The lowest BCUT2D eigenvalue weighted by molar-refractivity contribution is -0.137. The average Bonchev–Trinajstić information content (AvgIpc) is 2.81. The van der Waals surface area contributed by atoms with E-state index in [2.05, 4.69) is 0 Å². The quantitative estimate of drug-likeness (QED) is 0.942. The lowest BCUT2D eigenvalue weighted by Crippen LogP contribution is -2.32. The molecule has 0 bridgehead atoms. The van der Waals surface area contributed by atoms with Crippen LogP contribution in [0.4, 0.5) is 0 Å². The number of rotatable bonds is 3. The van der Waals surface area contributed by atoms with Crippen LogP contribution in [0.5, 0.6) is 5.75 Å². The predicted molar refractivity (Wildman–Crippen MR) is 86.0 cm³/mol. The molecular weight excluding hydrogens is 296 g/mol. The van der Waals surface area contributed by atoms with Crippen LogP contribution in [-0.2, 0) is 17.8 Å². The zero-order valence-electron chi connectivity index (χ0n) is 13.3. The molecule has 0 saturated carbocycles. The molecular formula is C17H20N2O4. The summed E-state index contributed by atoms with van der Waals surface area (Å²) in [5, 5.41) is 10.2. The number of nitrogens with zero attached hydrogens (tertiary/aromatic N) is 2. The summed E-state index contributed by atoms with van der Waals surface area (Å²) >= 11 is 0. The minimum Gasteiger partial charge on any atom is -0.497 e. The Morgan fingerprint density at radius 1 is 1.35 bits per heavy atom. The summed E-state index contributed by atoms with van der Waals surface area (Å²) < 4.78 is 6.91. The van der Waals surface area contributed by atoms with Gasteiger partial charge in [0.1, 0.15) is 18.0 Å². The van der Waals surface area contributed by atoms with Crippen LogP contribution >= 0.6 is 0 Å². The van der Waals surface area contributed by atoms with Crippen molar-refractivity contribution in [1.82, 2.24) is 9.47 Å². The number of hydrogen-bond donors (Lipinski definition) is 1. The minimum absolute atomic E-state index is 0.115. The van der Waals surface area contributed by atoms with Crippen molar-refractivity contribution < 1.29 is 19.4 Å². The van der Waals surface area contributed by atoms with Crippen LogP contribution in [0.2, 0.25) is 0 Å². The third-order valence-electron chi connectivity index (χ3n) is 4.39. The predicted octanol–water partition coefficient (Wildman–Crippen LogP) is 2.14. The summed E-state index contributed by atoms with van der Waals surface area (Å²) in [6, 6.07) is 5.51. The monoisotopic (exact) mass is 316 g/mol. The number of benzene rings is 1. The zero-order valence-corrected chi connectivity index (χ0v) is 13.3. The first-order valence-corrected chi connectivity index (χ1v) is 7.69. The number of aromatic nitrogens is 1. The van der Waals surface area contributed by atoms with E-state index in [1.165, 1.54) is 0 Å². The van der Waals surface area contributed by atoms with Gasteiger partial charge in [-0.1, -0.05) is 0 Å². The van der Waals surface area contributed by atoms with Gasteiger partial charge >= 0.3 is 5.97 Å². The molecule has 23 heavy (non-hydrogen) atoms. The van der Waals surface area contributed by atoms with Gasteiger partial charge in [0, 0.05) is 24.5 Å². The maximum atomic E-state index is 12.8. The largest absolute Gasteiger partial charge is 0.497 e. The second-order valence-corrected chi connectivity index (χ2v) is 5.87. The van der Waals surface area contributed by atoms with Crippen molar-refractivity contribution in [2.24, 2.45) is 0 Å². The molecule has 1 aliphatic rings. The number of carbonyl (C=O) groups excluding carboxylic acids is 1. The zero-order chi connectivity index (χ0) is 16.6. The Labute approximate surface area is 134 Å². The third kappa shape index (κ3) is 2.65. The second kappa shape index (κ2) is 5.95. The van der Waals surface area contributed by atoms with Crippen molar-refractivity contribution in [2.75, 3.05) is 20.7 Å². The Morgan fingerprint density at radius 3 is 2.83 bits per heavy atom. The molecule has 0 atom stereocenters. The van der Waals surface area contributed by atoms with Gasteiger partial charge in [-0.15, -0.1) is 0 Å². The van der Waals surface area contributed by atoms with Gasteiger partial charge in [-0.3, -0.25) is 9.59 Å². The average molecular weight is 316 g/mol. The second-order valence-electron chi connectivity index (χ2n) is 5.87. The molecule has 122 valence electrons. The van der Waals surface area contributed by atoms with E-state index in [1.807, 2.05) is 12.1 Å². The fourth-order valence-electron chi connectivity index (χ4n) is 3.26. The van der Waals surface area contributed by atoms with Crippen molar-refractivity contribution in [1.29, 1.82) is 0 Å². The number of methoxy groups -OCH3 is 1. The van der Waals surface area contributed by atoms with Crippen molar-refractivity contribution in [3.05, 3.63) is 29.5 Å². The van der Waals surface area contributed by atoms with Gasteiger partial charge < -0.3 is 19.3 Å². The Hall–Kier alpha value is -2.50. The van der Waals surface area contributed by atoms with Crippen LogP contribution in [0, 0.1) is 0 Å². The summed E-state index contributed by atoms with van der Waals surface area (Å²) in [6.45, 7) is 0.466. The third-order valence-corrected chi connectivity index (χ3v) is 4.39. The first kappa shape index (κ1) is 15.4. The van der Waals surface area contributed by atoms with E-state index in [9.17, 15) is 14.7 Å². The van der Waals surface area contributed by atoms with E-state index < -0.39 is 5.97 Å². The summed E-state index contributed by atoms with van der Waals surface area (Å²) in [6.07, 6.45) is 2.68. The standard InChI is InChI=1S/C17H20N2O4/c1-18-8-4-3-5-12-13-9-11(23-2)6-7-14(13)19(10-15(20)21)16(12)17(18)22/h6-7,9H,3-5,8,10H2,1-2H3,(H,20,21). The highest BCUT2D eigenvalue weighted by molar-refractivity contribution is 6.02. The molecule has 3 rings (SSSR count). The maximum absolute atomic E-state index is 12.8. The summed E-state index contributed by atoms with van der Waals surface area (Å²) in [4.78, 5) is 25.8. The molecule has 1 aromatic heterocycles. The normalized spacial score (nSPS) is 15.2. The number of carbonyl (C=O) groups is 2. The highest BCUT2D eigenvalue weighted by atomic mass is 16.5. The molecule has 1 aromatic carbocycles. The molecule has 2 heterocycles. The van der Waals surface area contributed by atoms with Crippen LogP contribution < -0.4 is 4.74 Å². The van der Waals surface area contributed by atoms with Gasteiger partial charge in [-0.2, -0.15) is 0 Å². The summed E-state index contributed by atoms with van der Waals surface area (Å²) in [5.41, 5.74) is 2.19. The van der Waals surface area contributed by atoms with Crippen molar-refractivity contribution in [3.63, 3.8) is 0 Å². The van der Waals surface area contributed by atoms with E-state index in [1.54, 1.807) is 29.7 Å². The van der Waals surface area contributed by atoms with Crippen molar-refractivity contribution in [3.8, 4) is 5.75 Å². The van der Waals surface area contributed by atoms with Crippen LogP contribution in [0.25, 0.3) is 10.9 Å². The van der Waals surface area contributed by atoms with Crippen LogP contribution in [-0.4, -0.2) is 47.2 Å². The summed E-state index contributed by atoms with van der Waals surface area (Å²) in [7, 11) is 3.36. The number of carboxylic acid groups (broad SMARTS) is 1. The number of fused-ring (bicyclic) bond motifs is 3. The van der Waals surface area contributed by atoms with Crippen LogP contribution in [0.1, 0.15) is 28.9 Å². The Bertz CT molecular complexity index is 778. The Balaban J connectivity index is 2.31. The SMILES string of the molecule is COc1ccc2c(c1)c1c(n2CC(=O)O)C(=O)N(C)CCCC1. The topological polar surface area (TPSA) is 71.8 Å². The molecule has 1 N–H and O–H groups in total. The molecule has 6 heteroatoms. The van der Waals surface area contributed by atoms with Gasteiger partial charge in [0.25, 0.3) is 5.91 Å². The number of hydrogen-bond acceptors (Lipinski definition) is 3.